The highest BCUT2D eigenvalue weighted by Gasteiger charge is 2.40. The molecule has 3 unspecified atom stereocenters. The first-order valence-corrected chi connectivity index (χ1v) is 6.43. The van der Waals surface area contributed by atoms with Crippen molar-refractivity contribution in [2.45, 2.75) is 44.1 Å². The smallest absolute Gasteiger partial charge is 0.142 e. The van der Waals surface area contributed by atoms with Gasteiger partial charge in [-0.1, -0.05) is 23.7 Å². The van der Waals surface area contributed by atoms with E-state index in [9.17, 15) is 4.39 Å². The minimum Gasteiger partial charge on any atom is -0.373 e. The van der Waals surface area contributed by atoms with Crippen LogP contribution in [0.5, 0.6) is 0 Å². The Bertz CT molecular complexity index is 426. The summed E-state index contributed by atoms with van der Waals surface area (Å²) in [6, 6.07) is 5.32. The average Bonchev–Trinajstić information content (AvgIpc) is 2.93. The van der Waals surface area contributed by atoms with Crippen molar-refractivity contribution in [3.05, 3.63) is 34.6 Å². The van der Waals surface area contributed by atoms with Crippen molar-refractivity contribution in [3.8, 4) is 0 Å². The number of halogens is 2. The van der Waals surface area contributed by atoms with Crippen molar-refractivity contribution in [2.24, 2.45) is 0 Å². The van der Waals surface area contributed by atoms with E-state index in [1.807, 2.05) is 6.07 Å². The van der Waals surface area contributed by atoms with E-state index in [0.29, 0.717) is 24.8 Å². The van der Waals surface area contributed by atoms with Gasteiger partial charge in [0.1, 0.15) is 5.82 Å². The van der Waals surface area contributed by atoms with Crippen LogP contribution in [-0.4, -0.2) is 18.2 Å². The third-order valence-electron chi connectivity index (χ3n) is 3.69. The van der Waals surface area contributed by atoms with Crippen LogP contribution in [0.3, 0.4) is 0 Å². The molecule has 17 heavy (non-hydrogen) atoms. The van der Waals surface area contributed by atoms with Crippen LogP contribution in [-0.2, 0) is 11.3 Å². The predicted octanol–water partition coefficient (Wildman–Crippen LogP) is 2.89. The SMILES string of the molecule is Fc1cccc(CNC2CC3CCC2O3)c1Cl. The van der Waals surface area contributed by atoms with Crippen molar-refractivity contribution in [1.82, 2.24) is 5.32 Å². The van der Waals surface area contributed by atoms with Crippen molar-refractivity contribution in [1.29, 1.82) is 0 Å². The van der Waals surface area contributed by atoms with Gasteiger partial charge < -0.3 is 10.1 Å². The maximum Gasteiger partial charge on any atom is 0.142 e. The van der Waals surface area contributed by atoms with Gasteiger partial charge in [-0.3, -0.25) is 0 Å². The van der Waals surface area contributed by atoms with Crippen molar-refractivity contribution >= 4 is 11.6 Å². The van der Waals surface area contributed by atoms with Gasteiger partial charge in [-0.25, -0.2) is 4.39 Å². The summed E-state index contributed by atoms with van der Waals surface area (Å²) < 4.78 is 19.0. The number of rotatable bonds is 3. The fourth-order valence-corrected chi connectivity index (χ4v) is 2.97. The number of hydrogen-bond acceptors (Lipinski definition) is 2. The minimum absolute atomic E-state index is 0.226. The van der Waals surface area contributed by atoms with Gasteiger partial charge in [0.2, 0.25) is 0 Å². The second-order valence-corrected chi connectivity index (χ2v) is 5.19. The molecule has 2 fully saturated rings. The minimum atomic E-state index is -0.352. The maximum absolute atomic E-state index is 13.2. The van der Waals surface area contributed by atoms with E-state index in [-0.39, 0.29) is 10.8 Å². The maximum atomic E-state index is 13.2. The van der Waals surface area contributed by atoms with Crippen molar-refractivity contribution < 1.29 is 9.13 Å². The highest BCUT2D eigenvalue weighted by atomic mass is 35.5. The molecular weight excluding hydrogens is 241 g/mol. The molecule has 0 radical (unpaired) electrons. The molecule has 2 saturated heterocycles. The predicted molar refractivity (Wildman–Crippen MR) is 64.5 cm³/mol. The van der Waals surface area contributed by atoms with Crippen LogP contribution in [0.15, 0.2) is 18.2 Å². The molecular formula is C13H15ClFNO. The lowest BCUT2D eigenvalue weighted by molar-refractivity contribution is 0.0973. The monoisotopic (exact) mass is 255 g/mol. The number of ether oxygens (including phenoxy) is 1. The van der Waals surface area contributed by atoms with E-state index >= 15 is 0 Å². The quantitative estimate of drug-likeness (QED) is 0.897. The zero-order chi connectivity index (χ0) is 11.8. The lowest BCUT2D eigenvalue weighted by atomic mass is 9.95. The van der Waals surface area contributed by atoms with E-state index in [1.54, 1.807) is 6.07 Å². The Morgan fingerprint density at radius 1 is 1.41 bits per heavy atom. The summed E-state index contributed by atoms with van der Waals surface area (Å²) in [6.45, 7) is 0.605. The van der Waals surface area contributed by atoms with Gasteiger partial charge >= 0.3 is 0 Å². The van der Waals surface area contributed by atoms with Gasteiger partial charge in [-0.2, -0.15) is 0 Å². The molecule has 0 aliphatic carbocycles. The second-order valence-electron chi connectivity index (χ2n) is 4.81. The molecule has 1 aromatic carbocycles. The Kier molecular flexibility index (Phi) is 3.07. The van der Waals surface area contributed by atoms with E-state index in [1.165, 1.54) is 12.5 Å². The van der Waals surface area contributed by atoms with Gasteiger partial charge in [0, 0.05) is 12.6 Å². The fourth-order valence-electron chi connectivity index (χ4n) is 2.78. The van der Waals surface area contributed by atoms with E-state index in [2.05, 4.69) is 5.32 Å². The van der Waals surface area contributed by atoms with Crippen LogP contribution < -0.4 is 5.32 Å². The van der Waals surface area contributed by atoms with Crippen LogP contribution in [0.2, 0.25) is 5.02 Å². The molecule has 2 heterocycles. The number of fused-ring (bicyclic) bond motifs is 2. The Morgan fingerprint density at radius 2 is 2.29 bits per heavy atom. The van der Waals surface area contributed by atoms with Crippen LogP contribution >= 0.6 is 11.6 Å². The van der Waals surface area contributed by atoms with Gasteiger partial charge in [0.15, 0.2) is 0 Å². The van der Waals surface area contributed by atoms with Gasteiger partial charge in [-0.05, 0) is 30.9 Å². The molecule has 0 saturated carbocycles. The molecule has 1 N–H and O–H groups in total. The van der Waals surface area contributed by atoms with Crippen LogP contribution in [0.25, 0.3) is 0 Å². The van der Waals surface area contributed by atoms with E-state index in [4.69, 9.17) is 16.3 Å². The Morgan fingerprint density at radius 3 is 3.00 bits per heavy atom. The zero-order valence-corrected chi connectivity index (χ0v) is 10.2. The molecule has 2 aliphatic heterocycles. The Hall–Kier alpha value is -0.640. The summed E-state index contributed by atoms with van der Waals surface area (Å²) in [5, 5.41) is 3.65. The van der Waals surface area contributed by atoms with Crippen LogP contribution in [0, 0.1) is 5.82 Å². The third-order valence-corrected chi connectivity index (χ3v) is 4.12. The summed E-state index contributed by atoms with van der Waals surface area (Å²) in [4.78, 5) is 0. The molecule has 0 spiro atoms. The molecule has 0 aromatic heterocycles. The molecule has 3 rings (SSSR count). The van der Waals surface area contributed by atoms with Crippen LogP contribution in [0.4, 0.5) is 4.39 Å². The highest BCUT2D eigenvalue weighted by molar-refractivity contribution is 6.31. The number of nitrogens with one attached hydrogen (secondary N) is 1. The first-order chi connectivity index (χ1) is 8.24. The van der Waals surface area contributed by atoms with Gasteiger partial charge in [0.05, 0.1) is 17.2 Å². The molecule has 2 aliphatic rings. The first kappa shape index (κ1) is 11.5. The van der Waals surface area contributed by atoms with E-state index in [0.717, 1.165) is 18.4 Å². The summed E-state index contributed by atoms with van der Waals surface area (Å²) in [5.74, 6) is -0.352. The summed E-state index contributed by atoms with van der Waals surface area (Å²) in [7, 11) is 0. The van der Waals surface area contributed by atoms with Gasteiger partial charge in [-0.15, -0.1) is 0 Å². The molecule has 3 atom stereocenters. The lowest BCUT2D eigenvalue weighted by Gasteiger charge is -2.20. The average molecular weight is 256 g/mol. The Labute approximate surface area is 105 Å². The third kappa shape index (κ3) is 2.19. The summed E-state index contributed by atoms with van der Waals surface area (Å²) in [6.07, 6.45) is 4.16. The summed E-state index contributed by atoms with van der Waals surface area (Å²) in [5.41, 5.74) is 0.814. The van der Waals surface area contributed by atoms with Gasteiger partial charge in [0.25, 0.3) is 0 Å². The van der Waals surface area contributed by atoms with Crippen molar-refractivity contribution in [2.75, 3.05) is 0 Å². The topological polar surface area (TPSA) is 21.3 Å². The first-order valence-electron chi connectivity index (χ1n) is 6.06. The zero-order valence-electron chi connectivity index (χ0n) is 9.46. The lowest BCUT2D eigenvalue weighted by Crippen LogP contribution is -2.37. The Balaban J connectivity index is 1.62. The molecule has 2 nitrogen and oxygen atoms in total. The summed E-state index contributed by atoms with van der Waals surface area (Å²) >= 11 is 5.91. The largest absolute Gasteiger partial charge is 0.373 e. The molecule has 1 aromatic rings. The highest BCUT2D eigenvalue weighted by Crippen LogP contribution is 2.34. The normalized spacial score (nSPS) is 31.1. The van der Waals surface area contributed by atoms with E-state index < -0.39 is 0 Å². The molecule has 0 amide bonds. The molecule has 4 heteroatoms. The number of hydrogen-bond donors (Lipinski definition) is 1. The molecule has 2 bridgehead atoms. The van der Waals surface area contributed by atoms with Crippen molar-refractivity contribution in [3.63, 3.8) is 0 Å². The fraction of sp³-hybridized carbons (Fsp3) is 0.538. The number of benzene rings is 1. The van der Waals surface area contributed by atoms with Crippen LogP contribution in [0.1, 0.15) is 24.8 Å². The second kappa shape index (κ2) is 4.56. The standard InChI is InChI=1S/C13H15ClFNO/c14-13-8(2-1-3-10(13)15)7-16-11-6-9-4-5-12(11)17-9/h1-3,9,11-12,16H,4-7H2. The molecule has 92 valence electrons.